The largest absolute Gasteiger partial charge is 0.455 e. The molecule has 5 rings (SSSR count). The molecule has 0 aliphatic heterocycles. The number of benzene rings is 4. The molecule has 4 aromatic carbocycles. The van der Waals surface area contributed by atoms with Gasteiger partial charge in [-0.2, -0.15) is 0 Å². The van der Waals surface area contributed by atoms with Crippen LogP contribution in [0.2, 0.25) is 0 Å². The molecule has 131 valence electrons. The SMILES string of the molecule is OCc1ccc(-c2ccc(-c3cccc4c3oc3ccccc34)cc2)cc1.[Na]. The molecule has 1 N–H and O–H groups in total. The fourth-order valence-corrected chi connectivity index (χ4v) is 3.62. The Balaban J connectivity index is 0.00000192. The maximum atomic E-state index is 9.19. The van der Waals surface area contributed by atoms with Gasteiger partial charge < -0.3 is 9.52 Å². The van der Waals surface area contributed by atoms with E-state index >= 15 is 0 Å². The van der Waals surface area contributed by atoms with Crippen LogP contribution in [-0.4, -0.2) is 34.7 Å². The third kappa shape index (κ3) is 3.30. The Labute approximate surface area is 185 Å². The first kappa shape index (κ1) is 19.0. The van der Waals surface area contributed by atoms with Gasteiger partial charge in [0, 0.05) is 45.9 Å². The van der Waals surface area contributed by atoms with E-state index in [9.17, 15) is 5.11 Å². The van der Waals surface area contributed by atoms with E-state index in [1.807, 2.05) is 42.5 Å². The van der Waals surface area contributed by atoms with E-state index in [4.69, 9.17) is 4.42 Å². The van der Waals surface area contributed by atoms with Gasteiger partial charge in [0.05, 0.1) is 6.61 Å². The molecule has 0 aliphatic carbocycles. The average molecular weight is 373 g/mol. The summed E-state index contributed by atoms with van der Waals surface area (Å²) in [6.45, 7) is 0.0702. The van der Waals surface area contributed by atoms with Crippen LogP contribution in [-0.2, 0) is 6.61 Å². The molecule has 0 aliphatic rings. The summed E-state index contributed by atoms with van der Waals surface area (Å²) in [7, 11) is 0. The normalized spacial score (nSPS) is 10.9. The Hall–Kier alpha value is -2.36. The molecule has 1 heterocycles. The number of para-hydroxylation sites is 2. The quantitative estimate of drug-likeness (QED) is 0.392. The molecule has 2 nitrogen and oxygen atoms in total. The van der Waals surface area contributed by atoms with E-state index in [0.29, 0.717) is 0 Å². The van der Waals surface area contributed by atoms with Crippen LogP contribution in [0.25, 0.3) is 44.2 Å². The number of hydrogen-bond acceptors (Lipinski definition) is 2. The van der Waals surface area contributed by atoms with Crippen LogP contribution in [0.4, 0.5) is 0 Å². The number of fused-ring (bicyclic) bond motifs is 3. The van der Waals surface area contributed by atoms with Crippen LogP contribution >= 0.6 is 0 Å². The van der Waals surface area contributed by atoms with E-state index < -0.39 is 0 Å². The molecule has 0 atom stereocenters. The standard InChI is InChI=1S/C25H18O2.Na/c26-16-17-8-10-18(11-9-17)19-12-14-20(15-13-19)21-5-3-6-23-22-4-1-2-7-24(22)27-25(21)23;/h1-15,26H,16H2;. The maximum absolute atomic E-state index is 9.19. The molecule has 28 heavy (non-hydrogen) atoms. The number of furan rings is 1. The van der Waals surface area contributed by atoms with Gasteiger partial charge in [-0.05, 0) is 28.3 Å². The summed E-state index contributed by atoms with van der Waals surface area (Å²) < 4.78 is 6.15. The summed E-state index contributed by atoms with van der Waals surface area (Å²) in [5, 5.41) is 11.5. The Morgan fingerprint density at radius 1 is 0.607 bits per heavy atom. The zero-order valence-electron chi connectivity index (χ0n) is 15.7. The molecular formula is C25H18NaO2. The van der Waals surface area contributed by atoms with Crippen molar-refractivity contribution >= 4 is 51.5 Å². The number of aliphatic hydroxyl groups is 1. The maximum Gasteiger partial charge on any atom is 0.143 e. The summed E-state index contributed by atoms with van der Waals surface area (Å²) in [5.41, 5.74) is 7.30. The van der Waals surface area contributed by atoms with Crippen LogP contribution < -0.4 is 0 Å². The van der Waals surface area contributed by atoms with Crippen molar-refractivity contribution in [3.05, 3.63) is 96.6 Å². The van der Waals surface area contributed by atoms with Gasteiger partial charge >= 0.3 is 0 Å². The number of rotatable bonds is 3. The van der Waals surface area contributed by atoms with Gasteiger partial charge in [0.1, 0.15) is 11.2 Å². The van der Waals surface area contributed by atoms with Crippen molar-refractivity contribution in [3.8, 4) is 22.3 Å². The minimum absolute atomic E-state index is 0. The average Bonchev–Trinajstić information content (AvgIpc) is 3.13. The zero-order chi connectivity index (χ0) is 18.2. The Morgan fingerprint density at radius 3 is 1.93 bits per heavy atom. The Kier molecular flexibility index (Phi) is 5.38. The second kappa shape index (κ2) is 7.94. The zero-order valence-corrected chi connectivity index (χ0v) is 17.7. The molecule has 1 aromatic heterocycles. The summed E-state index contributed by atoms with van der Waals surface area (Å²) >= 11 is 0. The van der Waals surface area contributed by atoms with Crippen LogP contribution in [0.1, 0.15) is 5.56 Å². The third-order valence-corrected chi connectivity index (χ3v) is 5.07. The summed E-state index contributed by atoms with van der Waals surface area (Å²) in [6.07, 6.45) is 0. The first-order chi connectivity index (χ1) is 13.3. The van der Waals surface area contributed by atoms with E-state index in [2.05, 4.69) is 48.5 Å². The second-order valence-electron chi connectivity index (χ2n) is 6.71. The van der Waals surface area contributed by atoms with Crippen molar-refractivity contribution in [2.45, 2.75) is 6.61 Å². The van der Waals surface area contributed by atoms with E-state index in [1.165, 1.54) is 0 Å². The minimum Gasteiger partial charge on any atom is -0.455 e. The minimum atomic E-state index is 0. The molecule has 0 saturated heterocycles. The Morgan fingerprint density at radius 2 is 1.21 bits per heavy atom. The number of aliphatic hydroxyl groups excluding tert-OH is 1. The molecule has 0 amide bonds. The van der Waals surface area contributed by atoms with E-state index in [-0.39, 0.29) is 36.2 Å². The van der Waals surface area contributed by atoms with Gasteiger partial charge in [-0.3, -0.25) is 0 Å². The predicted octanol–water partition coefficient (Wildman–Crippen LogP) is 6.03. The monoisotopic (exact) mass is 373 g/mol. The van der Waals surface area contributed by atoms with Gasteiger partial charge in [0.2, 0.25) is 0 Å². The molecule has 3 heteroatoms. The second-order valence-corrected chi connectivity index (χ2v) is 6.71. The molecule has 0 bridgehead atoms. The third-order valence-electron chi connectivity index (χ3n) is 5.07. The number of hydrogen-bond donors (Lipinski definition) is 1. The smallest absolute Gasteiger partial charge is 0.143 e. The van der Waals surface area contributed by atoms with Crippen LogP contribution in [0.5, 0.6) is 0 Å². The van der Waals surface area contributed by atoms with Crippen LogP contribution in [0.15, 0.2) is 95.4 Å². The molecule has 0 saturated carbocycles. The predicted molar refractivity (Wildman–Crippen MR) is 116 cm³/mol. The van der Waals surface area contributed by atoms with E-state index in [0.717, 1.165) is 49.8 Å². The fourth-order valence-electron chi connectivity index (χ4n) is 3.62. The van der Waals surface area contributed by atoms with Crippen molar-refractivity contribution < 1.29 is 9.52 Å². The van der Waals surface area contributed by atoms with Crippen molar-refractivity contribution in [2.75, 3.05) is 0 Å². The first-order valence-corrected chi connectivity index (χ1v) is 9.04. The first-order valence-electron chi connectivity index (χ1n) is 9.04. The van der Waals surface area contributed by atoms with E-state index in [1.54, 1.807) is 0 Å². The molecule has 1 radical (unpaired) electrons. The van der Waals surface area contributed by atoms with Crippen molar-refractivity contribution in [1.29, 1.82) is 0 Å². The summed E-state index contributed by atoms with van der Waals surface area (Å²) in [6, 6.07) is 31.0. The topological polar surface area (TPSA) is 33.4 Å². The van der Waals surface area contributed by atoms with Crippen LogP contribution in [0, 0.1) is 0 Å². The van der Waals surface area contributed by atoms with Gasteiger partial charge in [-0.15, -0.1) is 0 Å². The molecule has 5 aromatic rings. The van der Waals surface area contributed by atoms with Gasteiger partial charge in [0.25, 0.3) is 0 Å². The van der Waals surface area contributed by atoms with Crippen molar-refractivity contribution in [2.24, 2.45) is 0 Å². The van der Waals surface area contributed by atoms with Crippen LogP contribution in [0.3, 0.4) is 0 Å². The van der Waals surface area contributed by atoms with Crippen molar-refractivity contribution in [3.63, 3.8) is 0 Å². The fraction of sp³-hybridized carbons (Fsp3) is 0.0400. The summed E-state index contributed by atoms with van der Waals surface area (Å²) in [5.74, 6) is 0. The van der Waals surface area contributed by atoms with Gasteiger partial charge in [-0.1, -0.05) is 84.9 Å². The van der Waals surface area contributed by atoms with Gasteiger partial charge in [0.15, 0.2) is 0 Å². The molecular weight excluding hydrogens is 355 g/mol. The summed E-state index contributed by atoms with van der Waals surface area (Å²) in [4.78, 5) is 0. The molecule has 0 fully saturated rings. The van der Waals surface area contributed by atoms with Crippen molar-refractivity contribution in [1.82, 2.24) is 0 Å². The molecule has 0 unspecified atom stereocenters. The van der Waals surface area contributed by atoms with Gasteiger partial charge in [-0.25, -0.2) is 0 Å². The Bertz CT molecular complexity index is 1240. The molecule has 0 spiro atoms.